The molecule has 0 fully saturated rings. The SMILES string of the molecule is S=C1[C]=CC=CC1c1ccccc1. The fraction of sp³-hybridized carbons (Fsp3) is 0.0833. The lowest BCUT2D eigenvalue weighted by atomic mass is 9.92. The van der Waals surface area contributed by atoms with E-state index in [1.807, 2.05) is 30.4 Å². The van der Waals surface area contributed by atoms with E-state index < -0.39 is 0 Å². The Morgan fingerprint density at radius 2 is 1.92 bits per heavy atom. The molecular weight excluding hydrogens is 176 g/mol. The van der Waals surface area contributed by atoms with Gasteiger partial charge in [0.1, 0.15) is 0 Å². The van der Waals surface area contributed by atoms with Gasteiger partial charge in [0, 0.05) is 10.8 Å². The van der Waals surface area contributed by atoms with E-state index in [1.165, 1.54) is 5.56 Å². The second kappa shape index (κ2) is 3.67. The van der Waals surface area contributed by atoms with E-state index in [9.17, 15) is 0 Å². The standard InChI is InChI=1S/C12H9S/c13-12-9-5-4-8-11(12)10-6-2-1-3-7-10/h1-8,11H. The van der Waals surface area contributed by atoms with Gasteiger partial charge in [-0.1, -0.05) is 60.8 Å². The van der Waals surface area contributed by atoms with Crippen molar-refractivity contribution in [2.24, 2.45) is 0 Å². The van der Waals surface area contributed by atoms with Crippen molar-refractivity contribution in [3.8, 4) is 0 Å². The van der Waals surface area contributed by atoms with Gasteiger partial charge in [-0.2, -0.15) is 0 Å². The van der Waals surface area contributed by atoms with E-state index in [4.69, 9.17) is 12.2 Å². The minimum Gasteiger partial charge on any atom is -0.0832 e. The molecule has 63 valence electrons. The molecule has 13 heavy (non-hydrogen) atoms. The van der Waals surface area contributed by atoms with Crippen molar-refractivity contribution >= 4 is 17.1 Å². The average molecular weight is 185 g/mol. The molecule has 0 amide bonds. The van der Waals surface area contributed by atoms with Crippen LogP contribution in [0.15, 0.2) is 48.6 Å². The number of allylic oxidation sites excluding steroid dienone is 4. The maximum Gasteiger partial charge on any atom is 0.0381 e. The summed E-state index contributed by atoms with van der Waals surface area (Å²) >= 11 is 5.22. The highest BCUT2D eigenvalue weighted by atomic mass is 32.1. The van der Waals surface area contributed by atoms with Crippen LogP contribution in [-0.2, 0) is 0 Å². The van der Waals surface area contributed by atoms with Crippen molar-refractivity contribution in [2.75, 3.05) is 0 Å². The van der Waals surface area contributed by atoms with E-state index in [0.717, 1.165) is 4.86 Å². The van der Waals surface area contributed by atoms with E-state index >= 15 is 0 Å². The summed E-state index contributed by atoms with van der Waals surface area (Å²) in [5.74, 6) is 0.237. The third kappa shape index (κ3) is 1.76. The molecule has 0 heterocycles. The summed E-state index contributed by atoms with van der Waals surface area (Å²) in [4.78, 5) is 0.869. The van der Waals surface area contributed by atoms with Crippen LogP contribution in [0.3, 0.4) is 0 Å². The number of benzene rings is 1. The zero-order valence-electron chi connectivity index (χ0n) is 7.10. The Kier molecular flexibility index (Phi) is 2.37. The number of thiocarbonyl (C=S) groups is 1. The molecule has 0 aliphatic heterocycles. The summed E-state index contributed by atoms with van der Waals surface area (Å²) in [5, 5.41) is 0. The Balaban J connectivity index is 2.32. The Morgan fingerprint density at radius 1 is 1.15 bits per heavy atom. The van der Waals surface area contributed by atoms with Gasteiger partial charge >= 0.3 is 0 Å². The van der Waals surface area contributed by atoms with E-state index in [1.54, 1.807) is 0 Å². The highest BCUT2D eigenvalue weighted by Gasteiger charge is 2.12. The second-order valence-corrected chi connectivity index (χ2v) is 3.39. The Labute approximate surface area is 83.6 Å². The Bertz CT molecular complexity index is 360. The lowest BCUT2D eigenvalue weighted by molar-refractivity contribution is 1.15. The molecule has 0 aromatic heterocycles. The molecule has 1 radical (unpaired) electrons. The topological polar surface area (TPSA) is 0 Å². The monoisotopic (exact) mass is 185 g/mol. The lowest BCUT2D eigenvalue weighted by Crippen LogP contribution is -2.07. The first-order valence-electron chi connectivity index (χ1n) is 4.23. The zero-order chi connectivity index (χ0) is 9.10. The molecule has 0 bridgehead atoms. The van der Waals surface area contributed by atoms with E-state index in [0.29, 0.717) is 0 Å². The third-order valence-electron chi connectivity index (χ3n) is 2.07. The highest BCUT2D eigenvalue weighted by molar-refractivity contribution is 7.80. The molecule has 1 heteroatoms. The molecule has 1 aliphatic carbocycles. The Morgan fingerprint density at radius 3 is 2.62 bits per heavy atom. The molecular formula is C12H9S. The first-order valence-corrected chi connectivity index (χ1v) is 4.64. The molecule has 1 unspecified atom stereocenters. The first kappa shape index (κ1) is 8.39. The number of rotatable bonds is 1. The molecule has 2 rings (SSSR count). The van der Waals surface area contributed by atoms with Crippen molar-refractivity contribution < 1.29 is 0 Å². The smallest absolute Gasteiger partial charge is 0.0381 e. The van der Waals surface area contributed by atoms with Crippen molar-refractivity contribution in [3.05, 3.63) is 60.2 Å². The molecule has 1 aromatic carbocycles. The fourth-order valence-electron chi connectivity index (χ4n) is 1.40. The van der Waals surface area contributed by atoms with Crippen molar-refractivity contribution in [1.29, 1.82) is 0 Å². The normalized spacial score (nSPS) is 20.6. The van der Waals surface area contributed by atoms with Crippen LogP contribution in [-0.4, -0.2) is 4.86 Å². The summed E-state index contributed by atoms with van der Waals surface area (Å²) in [6.07, 6.45) is 9.01. The largest absolute Gasteiger partial charge is 0.0832 e. The van der Waals surface area contributed by atoms with Crippen LogP contribution < -0.4 is 0 Å². The Hall–Kier alpha value is -1.21. The van der Waals surface area contributed by atoms with Crippen molar-refractivity contribution in [2.45, 2.75) is 5.92 Å². The lowest BCUT2D eigenvalue weighted by Gasteiger charge is -2.13. The van der Waals surface area contributed by atoms with Crippen molar-refractivity contribution in [3.63, 3.8) is 0 Å². The maximum absolute atomic E-state index is 5.22. The molecule has 0 saturated carbocycles. The van der Waals surface area contributed by atoms with E-state index in [2.05, 4.69) is 24.3 Å². The number of hydrogen-bond acceptors (Lipinski definition) is 1. The predicted octanol–water partition coefficient (Wildman–Crippen LogP) is 3.07. The quantitative estimate of drug-likeness (QED) is 0.606. The predicted molar refractivity (Wildman–Crippen MR) is 58.7 cm³/mol. The second-order valence-electron chi connectivity index (χ2n) is 2.95. The summed E-state index contributed by atoms with van der Waals surface area (Å²) < 4.78 is 0. The summed E-state index contributed by atoms with van der Waals surface area (Å²) in [6.45, 7) is 0. The van der Waals surface area contributed by atoms with Gasteiger partial charge < -0.3 is 0 Å². The van der Waals surface area contributed by atoms with Gasteiger partial charge in [0.05, 0.1) is 0 Å². The van der Waals surface area contributed by atoms with Gasteiger partial charge in [-0.25, -0.2) is 0 Å². The van der Waals surface area contributed by atoms with Crippen molar-refractivity contribution in [1.82, 2.24) is 0 Å². The van der Waals surface area contributed by atoms with Crippen LogP contribution in [0.4, 0.5) is 0 Å². The third-order valence-corrected chi connectivity index (χ3v) is 2.44. The minimum atomic E-state index is 0.237. The first-order chi connectivity index (χ1) is 6.38. The van der Waals surface area contributed by atoms with Crippen LogP contribution in [0.2, 0.25) is 0 Å². The van der Waals surface area contributed by atoms with E-state index in [-0.39, 0.29) is 5.92 Å². The molecule has 0 spiro atoms. The van der Waals surface area contributed by atoms with Crippen LogP contribution in [0.25, 0.3) is 0 Å². The van der Waals surface area contributed by atoms with Gasteiger partial charge in [0.2, 0.25) is 0 Å². The van der Waals surface area contributed by atoms with Gasteiger partial charge in [-0.15, -0.1) is 0 Å². The summed E-state index contributed by atoms with van der Waals surface area (Å²) in [5.41, 5.74) is 1.24. The highest BCUT2D eigenvalue weighted by Crippen LogP contribution is 2.21. The molecule has 1 aromatic rings. The van der Waals surface area contributed by atoms with Crippen LogP contribution in [0.1, 0.15) is 11.5 Å². The van der Waals surface area contributed by atoms with Gasteiger partial charge in [0.15, 0.2) is 0 Å². The summed E-state index contributed by atoms with van der Waals surface area (Å²) in [7, 11) is 0. The zero-order valence-corrected chi connectivity index (χ0v) is 7.92. The molecule has 0 nitrogen and oxygen atoms in total. The molecule has 1 atom stereocenters. The van der Waals surface area contributed by atoms with Gasteiger partial charge in [-0.3, -0.25) is 0 Å². The van der Waals surface area contributed by atoms with Gasteiger partial charge in [0.25, 0.3) is 0 Å². The average Bonchev–Trinajstić information content (AvgIpc) is 2.20. The maximum atomic E-state index is 5.22. The van der Waals surface area contributed by atoms with Gasteiger partial charge in [-0.05, 0) is 11.6 Å². The summed E-state index contributed by atoms with van der Waals surface area (Å²) in [6, 6.07) is 10.3. The molecule has 0 saturated heterocycles. The minimum absolute atomic E-state index is 0.237. The van der Waals surface area contributed by atoms with Crippen LogP contribution in [0.5, 0.6) is 0 Å². The fourth-order valence-corrected chi connectivity index (χ4v) is 1.68. The molecule has 0 N–H and O–H groups in total. The van der Waals surface area contributed by atoms with Crippen LogP contribution >= 0.6 is 12.2 Å². The number of hydrogen-bond donors (Lipinski definition) is 0. The molecule has 1 aliphatic rings. The van der Waals surface area contributed by atoms with Crippen LogP contribution in [0, 0.1) is 6.08 Å².